The maximum absolute atomic E-state index is 10.4. The second-order valence-corrected chi connectivity index (χ2v) is 7.33. The summed E-state index contributed by atoms with van der Waals surface area (Å²) in [7, 11) is 0. The third kappa shape index (κ3) is 2.74. The lowest BCUT2D eigenvalue weighted by atomic mass is 10.2. The van der Waals surface area contributed by atoms with Crippen molar-refractivity contribution in [2.75, 3.05) is 6.54 Å². The van der Waals surface area contributed by atoms with Crippen LogP contribution >= 0.6 is 22.7 Å². The van der Waals surface area contributed by atoms with E-state index in [1.807, 2.05) is 58.1 Å². The molecule has 0 radical (unpaired) electrons. The number of hydrogen-bond acceptors (Lipinski definition) is 5. The van der Waals surface area contributed by atoms with Crippen molar-refractivity contribution in [2.45, 2.75) is 6.54 Å². The number of aliphatic hydroxyl groups excluding tert-OH is 1. The van der Waals surface area contributed by atoms with Gasteiger partial charge in [0, 0.05) is 11.9 Å². The first kappa shape index (κ1) is 15.1. The molecule has 0 aliphatic carbocycles. The minimum Gasteiger partial charge on any atom is -0.510 e. The fourth-order valence-corrected chi connectivity index (χ4v) is 4.37. The maximum Gasteiger partial charge on any atom is 0.135 e. The predicted octanol–water partition coefficient (Wildman–Crippen LogP) is 4.63. The molecule has 6 heteroatoms. The molecule has 0 saturated heterocycles. The topological polar surface area (TPSA) is 60.2 Å². The molecule has 0 unspecified atom stereocenters. The Hall–Kier alpha value is -2.44. The normalized spacial score (nSPS) is 14.7. The van der Waals surface area contributed by atoms with Gasteiger partial charge in [-0.2, -0.15) is 0 Å². The van der Waals surface area contributed by atoms with E-state index in [0.29, 0.717) is 29.5 Å². The third-order valence-corrected chi connectivity index (χ3v) is 5.64. The molecule has 4 nitrogen and oxygen atoms in total. The molecule has 0 fully saturated rings. The number of thiazole rings is 1. The Morgan fingerprint density at radius 2 is 1.96 bits per heavy atom. The Kier molecular flexibility index (Phi) is 3.92. The Morgan fingerprint density at radius 1 is 1.12 bits per heavy atom. The molecule has 0 amide bonds. The van der Waals surface area contributed by atoms with E-state index < -0.39 is 0 Å². The van der Waals surface area contributed by atoms with E-state index in [1.54, 1.807) is 11.3 Å². The Morgan fingerprint density at radius 3 is 2.71 bits per heavy atom. The van der Waals surface area contributed by atoms with Crippen molar-refractivity contribution < 1.29 is 5.11 Å². The Bertz CT molecular complexity index is 898. The van der Waals surface area contributed by atoms with E-state index in [4.69, 9.17) is 5.41 Å². The van der Waals surface area contributed by atoms with Gasteiger partial charge in [0.05, 0.1) is 22.7 Å². The number of nitrogens with zero attached hydrogens (tertiary/aromatic N) is 2. The van der Waals surface area contributed by atoms with Crippen LogP contribution in [-0.2, 0) is 6.54 Å². The molecule has 2 aromatic heterocycles. The van der Waals surface area contributed by atoms with Gasteiger partial charge in [-0.15, -0.1) is 22.7 Å². The van der Waals surface area contributed by atoms with Gasteiger partial charge in [-0.05, 0) is 17.0 Å². The van der Waals surface area contributed by atoms with Gasteiger partial charge in [-0.25, -0.2) is 4.98 Å². The van der Waals surface area contributed by atoms with Crippen LogP contribution in [0.15, 0.2) is 59.0 Å². The summed E-state index contributed by atoms with van der Waals surface area (Å²) in [6.07, 6.45) is 0. The smallest absolute Gasteiger partial charge is 0.135 e. The number of amidine groups is 1. The maximum atomic E-state index is 10.4. The third-order valence-electron chi connectivity index (χ3n) is 3.89. The van der Waals surface area contributed by atoms with Gasteiger partial charge in [0.15, 0.2) is 0 Å². The molecule has 1 aliphatic heterocycles. The van der Waals surface area contributed by atoms with E-state index in [2.05, 4.69) is 4.98 Å². The molecule has 24 heavy (non-hydrogen) atoms. The molecule has 120 valence electrons. The van der Waals surface area contributed by atoms with E-state index >= 15 is 0 Å². The first-order chi connectivity index (χ1) is 11.7. The molecule has 0 saturated carbocycles. The second kappa shape index (κ2) is 6.22. The van der Waals surface area contributed by atoms with Crippen LogP contribution in [0.5, 0.6) is 0 Å². The standard InChI is InChI=1S/C18H15N3OS2/c19-17-16(18-20-13(11-24-18)15-7-4-8-23-15)14(22)10-21(17)9-12-5-2-1-3-6-12/h1-8,11,19,22H,9-10H2. The van der Waals surface area contributed by atoms with Crippen molar-refractivity contribution in [1.82, 2.24) is 9.88 Å². The zero-order valence-electron chi connectivity index (χ0n) is 12.8. The molecule has 3 aromatic rings. The van der Waals surface area contributed by atoms with Crippen molar-refractivity contribution >= 4 is 34.1 Å². The van der Waals surface area contributed by atoms with Crippen LogP contribution in [0, 0.1) is 5.41 Å². The lowest BCUT2D eigenvalue weighted by molar-refractivity contribution is 0.347. The molecule has 2 N–H and O–H groups in total. The summed E-state index contributed by atoms with van der Waals surface area (Å²) >= 11 is 3.11. The van der Waals surface area contributed by atoms with Gasteiger partial charge >= 0.3 is 0 Å². The quantitative estimate of drug-likeness (QED) is 0.719. The molecule has 0 atom stereocenters. The van der Waals surface area contributed by atoms with Gasteiger partial charge in [-0.3, -0.25) is 5.41 Å². The van der Waals surface area contributed by atoms with Crippen LogP contribution in [0.1, 0.15) is 10.6 Å². The fraction of sp³-hybridized carbons (Fsp3) is 0.111. The van der Waals surface area contributed by atoms with Crippen LogP contribution in [0.3, 0.4) is 0 Å². The molecule has 0 bridgehead atoms. The highest BCUT2D eigenvalue weighted by Crippen LogP contribution is 2.33. The lowest BCUT2D eigenvalue weighted by Gasteiger charge is -2.18. The van der Waals surface area contributed by atoms with Crippen molar-refractivity contribution in [3.63, 3.8) is 0 Å². The summed E-state index contributed by atoms with van der Waals surface area (Å²) in [6, 6.07) is 14.0. The molecule has 1 aliphatic rings. The van der Waals surface area contributed by atoms with E-state index in [9.17, 15) is 5.11 Å². The zero-order chi connectivity index (χ0) is 16.5. The van der Waals surface area contributed by atoms with Crippen LogP contribution in [0.4, 0.5) is 0 Å². The number of rotatable bonds is 4. The highest BCUT2D eigenvalue weighted by Gasteiger charge is 2.30. The van der Waals surface area contributed by atoms with Crippen LogP contribution < -0.4 is 0 Å². The van der Waals surface area contributed by atoms with Gasteiger partial charge in [0.25, 0.3) is 0 Å². The lowest BCUT2D eigenvalue weighted by Crippen LogP contribution is -2.25. The minimum absolute atomic E-state index is 0.225. The minimum atomic E-state index is 0.225. The SMILES string of the molecule is N=C1C(c2nc(-c3cccs3)cs2)=C(O)CN1Cc1ccccc1. The number of benzene rings is 1. The summed E-state index contributed by atoms with van der Waals surface area (Å²) in [6.45, 7) is 0.966. The fourth-order valence-electron chi connectivity index (χ4n) is 2.72. The number of hydrogen-bond donors (Lipinski definition) is 2. The number of thiophene rings is 1. The average Bonchev–Trinajstić information content (AvgIpc) is 3.30. The highest BCUT2D eigenvalue weighted by atomic mass is 32.1. The molecule has 1 aromatic carbocycles. The van der Waals surface area contributed by atoms with Crippen molar-refractivity contribution in [1.29, 1.82) is 5.41 Å². The average molecular weight is 353 g/mol. The van der Waals surface area contributed by atoms with Gasteiger partial charge in [0.2, 0.25) is 0 Å². The van der Waals surface area contributed by atoms with Crippen molar-refractivity contribution in [3.05, 3.63) is 69.6 Å². The molecule has 3 heterocycles. The number of nitrogens with one attached hydrogen (secondary N) is 1. The molecule has 4 rings (SSSR count). The summed E-state index contributed by atoms with van der Waals surface area (Å²) in [4.78, 5) is 7.59. The summed E-state index contributed by atoms with van der Waals surface area (Å²) in [5, 5.41) is 23.5. The zero-order valence-corrected chi connectivity index (χ0v) is 14.4. The summed E-state index contributed by atoms with van der Waals surface area (Å²) in [5.74, 6) is 0.562. The van der Waals surface area contributed by atoms with E-state index in [1.165, 1.54) is 11.3 Å². The monoisotopic (exact) mass is 353 g/mol. The summed E-state index contributed by atoms with van der Waals surface area (Å²) < 4.78 is 0. The molecular formula is C18H15N3OS2. The highest BCUT2D eigenvalue weighted by molar-refractivity contribution is 7.14. The number of aromatic nitrogens is 1. The van der Waals surface area contributed by atoms with Crippen molar-refractivity contribution in [3.8, 4) is 10.6 Å². The van der Waals surface area contributed by atoms with Crippen LogP contribution in [0.25, 0.3) is 16.1 Å². The second-order valence-electron chi connectivity index (χ2n) is 5.53. The molecule has 0 spiro atoms. The van der Waals surface area contributed by atoms with Gasteiger partial charge in [0.1, 0.15) is 16.6 Å². The van der Waals surface area contributed by atoms with Crippen molar-refractivity contribution in [2.24, 2.45) is 0 Å². The Balaban J connectivity index is 1.57. The Labute approximate surface area is 147 Å². The van der Waals surface area contributed by atoms with Crippen LogP contribution in [0.2, 0.25) is 0 Å². The number of aliphatic hydroxyl groups is 1. The van der Waals surface area contributed by atoms with Gasteiger partial charge < -0.3 is 10.0 Å². The largest absolute Gasteiger partial charge is 0.510 e. The predicted molar refractivity (Wildman–Crippen MR) is 99.6 cm³/mol. The summed E-state index contributed by atoms with van der Waals surface area (Å²) in [5.41, 5.74) is 2.58. The van der Waals surface area contributed by atoms with Gasteiger partial charge in [-0.1, -0.05) is 36.4 Å². The first-order valence-electron chi connectivity index (χ1n) is 7.52. The molecular weight excluding hydrogens is 338 g/mol. The van der Waals surface area contributed by atoms with Crippen LogP contribution in [-0.4, -0.2) is 27.4 Å². The van der Waals surface area contributed by atoms with E-state index in [-0.39, 0.29) is 5.76 Å². The van der Waals surface area contributed by atoms with E-state index in [0.717, 1.165) is 16.1 Å². The first-order valence-corrected chi connectivity index (χ1v) is 9.28.